The first-order chi connectivity index (χ1) is 13.9. The van der Waals surface area contributed by atoms with Gasteiger partial charge >= 0.3 is 0 Å². The van der Waals surface area contributed by atoms with E-state index in [1.807, 2.05) is 50.2 Å². The van der Waals surface area contributed by atoms with Crippen LogP contribution in [0.1, 0.15) is 11.1 Å². The quantitative estimate of drug-likeness (QED) is 0.524. The third-order valence-corrected chi connectivity index (χ3v) is 5.94. The van der Waals surface area contributed by atoms with Crippen LogP contribution in [-0.4, -0.2) is 29.0 Å². The molecule has 0 aliphatic rings. The fraction of sp³-hybridized carbons (Fsp3) is 0.0952. The van der Waals surface area contributed by atoms with Crippen molar-refractivity contribution < 1.29 is 8.42 Å². The molecule has 0 bridgehead atoms. The van der Waals surface area contributed by atoms with E-state index in [4.69, 9.17) is 0 Å². The summed E-state index contributed by atoms with van der Waals surface area (Å²) in [7, 11) is -3.78. The number of H-pyrrole nitrogens is 1. The second-order valence-corrected chi connectivity index (χ2v) is 8.46. The zero-order valence-corrected chi connectivity index (χ0v) is 16.7. The first kappa shape index (κ1) is 18.8. The van der Waals surface area contributed by atoms with Crippen LogP contribution in [0.5, 0.6) is 0 Å². The molecule has 8 heteroatoms. The molecule has 0 saturated carbocycles. The van der Waals surface area contributed by atoms with Crippen LogP contribution in [0.15, 0.2) is 71.6 Å². The van der Waals surface area contributed by atoms with Crippen molar-refractivity contribution in [3.8, 4) is 22.5 Å². The van der Waals surface area contributed by atoms with Crippen LogP contribution in [0.3, 0.4) is 0 Å². The monoisotopic (exact) mass is 405 g/mol. The third-order valence-electron chi connectivity index (χ3n) is 4.56. The van der Waals surface area contributed by atoms with Crippen LogP contribution in [0.2, 0.25) is 0 Å². The summed E-state index contributed by atoms with van der Waals surface area (Å²) in [5, 5.41) is 13.9. The lowest BCUT2D eigenvalue weighted by Gasteiger charge is -2.12. The summed E-state index contributed by atoms with van der Waals surface area (Å²) in [4.78, 5) is 0.174. The van der Waals surface area contributed by atoms with Crippen molar-refractivity contribution in [2.75, 3.05) is 4.72 Å². The Morgan fingerprint density at radius 2 is 1.45 bits per heavy atom. The largest absolute Gasteiger partial charge is 0.279 e. The predicted molar refractivity (Wildman–Crippen MR) is 112 cm³/mol. The van der Waals surface area contributed by atoms with Crippen LogP contribution < -0.4 is 4.72 Å². The van der Waals surface area contributed by atoms with Crippen LogP contribution >= 0.6 is 0 Å². The highest BCUT2D eigenvalue weighted by atomic mass is 32.2. The maximum absolute atomic E-state index is 12.9. The highest BCUT2D eigenvalue weighted by Gasteiger charge is 2.18. The number of hydrogen-bond donors (Lipinski definition) is 2. The van der Waals surface area contributed by atoms with Crippen molar-refractivity contribution in [2.45, 2.75) is 18.7 Å². The number of aromatic nitrogens is 4. The maximum Gasteiger partial charge on any atom is 0.261 e. The topological polar surface area (TPSA) is 101 Å². The van der Waals surface area contributed by atoms with Gasteiger partial charge in [-0.15, -0.1) is 10.2 Å². The Labute approximate surface area is 168 Å². The number of nitrogens with zero attached hydrogens (tertiary/aromatic N) is 3. The number of nitrogens with one attached hydrogen (secondary N) is 2. The molecule has 7 nitrogen and oxygen atoms in total. The number of aryl methyl sites for hydroxylation is 2. The first-order valence-electron chi connectivity index (χ1n) is 8.97. The average Bonchev–Trinajstić information content (AvgIpc) is 3.25. The molecule has 3 aromatic carbocycles. The molecule has 0 spiro atoms. The van der Waals surface area contributed by atoms with Crippen LogP contribution in [-0.2, 0) is 10.0 Å². The smallest absolute Gasteiger partial charge is 0.261 e. The van der Waals surface area contributed by atoms with Crippen molar-refractivity contribution in [3.05, 3.63) is 77.9 Å². The summed E-state index contributed by atoms with van der Waals surface area (Å²) in [5.41, 5.74) is 5.05. The molecule has 0 unspecified atom stereocenters. The molecule has 4 aromatic rings. The minimum absolute atomic E-state index is 0.174. The Hall–Kier alpha value is -3.52. The van der Waals surface area contributed by atoms with E-state index in [0.29, 0.717) is 17.1 Å². The maximum atomic E-state index is 12.9. The number of sulfonamides is 1. The fourth-order valence-electron chi connectivity index (χ4n) is 2.98. The Bertz CT molecular complexity index is 1230. The number of anilines is 1. The number of benzene rings is 3. The van der Waals surface area contributed by atoms with Gasteiger partial charge in [-0.25, -0.2) is 8.42 Å². The van der Waals surface area contributed by atoms with Gasteiger partial charge in [-0.05, 0) is 54.5 Å². The second-order valence-electron chi connectivity index (χ2n) is 6.78. The Kier molecular flexibility index (Phi) is 4.85. The number of aromatic amines is 1. The molecule has 0 aliphatic heterocycles. The van der Waals surface area contributed by atoms with Gasteiger partial charge in [-0.3, -0.25) is 4.72 Å². The van der Waals surface area contributed by atoms with E-state index in [9.17, 15) is 8.42 Å². The van der Waals surface area contributed by atoms with E-state index < -0.39 is 10.0 Å². The average molecular weight is 405 g/mol. The molecule has 0 atom stereocenters. The lowest BCUT2D eigenvalue weighted by molar-refractivity contribution is 0.601. The van der Waals surface area contributed by atoms with E-state index >= 15 is 0 Å². The van der Waals surface area contributed by atoms with E-state index in [1.54, 1.807) is 30.3 Å². The van der Waals surface area contributed by atoms with Gasteiger partial charge in [0.05, 0.1) is 10.6 Å². The van der Waals surface area contributed by atoms with Crippen molar-refractivity contribution in [3.63, 3.8) is 0 Å². The van der Waals surface area contributed by atoms with Gasteiger partial charge in [0.25, 0.3) is 10.0 Å². The minimum atomic E-state index is -3.78. The molecule has 146 valence electrons. The first-order valence-corrected chi connectivity index (χ1v) is 10.4. The molecular weight excluding hydrogens is 386 g/mol. The molecule has 2 N–H and O–H groups in total. The van der Waals surface area contributed by atoms with Crippen molar-refractivity contribution in [1.82, 2.24) is 20.6 Å². The third kappa shape index (κ3) is 4.02. The number of rotatable bonds is 5. The molecule has 0 radical (unpaired) electrons. The lowest BCUT2D eigenvalue weighted by atomic mass is 10.0. The SMILES string of the molecule is Cc1ccc(-c2ccc(S(=O)(=O)Nc3ccc(C)cc3-c3nn[nH]n3)cc2)cc1. The highest BCUT2D eigenvalue weighted by Crippen LogP contribution is 2.29. The van der Waals surface area contributed by atoms with Gasteiger partial charge in [-0.1, -0.05) is 53.6 Å². The number of hydrogen-bond acceptors (Lipinski definition) is 5. The predicted octanol–water partition coefficient (Wildman–Crippen LogP) is 3.95. The molecule has 0 fully saturated rings. The van der Waals surface area contributed by atoms with Crippen LogP contribution in [0.4, 0.5) is 5.69 Å². The number of tetrazole rings is 1. The summed E-state index contributed by atoms with van der Waals surface area (Å²) >= 11 is 0. The van der Waals surface area contributed by atoms with Crippen LogP contribution in [0, 0.1) is 13.8 Å². The summed E-state index contributed by atoms with van der Waals surface area (Å²) in [6.45, 7) is 3.94. The molecule has 0 aliphatic carbocycles. The van der Waals surface area contributed by atoms with Gasteiger partial charge in [0.1, 0.15) is 0 Å². The van der Waals surface area contributed by atoms with E-state index in [1.165, 1.54) is 5.56 Å². The zero-order valence-electron chi connectivity index (χ0n) is 15.9. The van der Waals surface area contributed by atoms with Crippen LogP contribution in [0.25, 0.3) is 22.5 Å². The van der Waals surface area contributed by atoms with Gasteiger partial charge in [-0.2, -0.15) is 5.21 Å². The summed E-state index contributed by atoms with van der Waals surface area (Å²) in [6, 6.07) is 20.2. The van der Waals surface area contributed by atoms with E-state index in [-0.39, 0.29) is 4.90 Å². The Morgan fingerprint density at radius 3 is 2.07 bits per heavy atom. The van der Waals surface area contributed by atoms with Crippen molar-refractivity contribution >= 4 is 15.7 Å². The van der Waals surface area contributed by atoms with Gasteiger partial charge in [0.2, 0.25) is 5.82 Å². The molecule has 29 heavy (non-hydrogen) atoms. The Balaban J connectivity index is 1.64. The standard InChI is InChI=1S/C21H19N5O2S/c1-14-3-6-16(7-4-14)17-8-10-18(11-9-17)29(27,28)24-20-12-5-15(2)13-19(20)21-22-25-26-23-21/h3-13,24H,1-2H3,(H,22,23,25,26). The molecule has 0 saturated heterocycles. The second kappa shape index (κ2) is 7.48. The summed E-state index contributed by atoms with van der Waals surface area (Å²) in [6.07, 6.45) is 0. The molecular formula is C21H19N5O2S. The molecule has 4 rings (SSSR count). The Morgan fingerprint density at radius 1 is 0.828 bits per heavy atom. The van der Waals surface area contributed by atoms with E-state index in [0.717, 1.165) is 16.7 Å². The summed E-state index contributed by atoms with van der Waals surface area (Å²) in [5.74, 6) is 0.320. The fourth-order valence-corrected chi connectivity index (χ4v) is 4.06. The molecule has 1 aromatic heterocycles. The molecule has 0 amide bonds. The van der Waals surface area contributed by atoms with Gasteiger partial charge in [0, 0.05) is 5.56 Å². The van der Waals surface area contributed by atoms with Gasteiger partial charge < -0.3 is 0 Å². The summed E-state index contributed by atoms with van der Waals surface area (Å²) < 4.78 is 28.5. The normalized spacial score (nSPS) is 11.4. The van der Waals surface area contributed by atoms with E-state index in [2.05, 4.69) is 25.3 Å². The lowest BCUT2D eigenvalue weighted by Crippen LogP contribution is -2.13. The minimum Gasteiger partial charge on any atom is -0.279 e. The van der Waals surface area contributed by atoms with Crippen molar-refractivity contribution in [1.29, 1.82) is 0 Å². The van der Waals surface area contributed by atoms with Crippen molar-refractivity contribution in [2.24, 2.45) is 0 Å². The molecule has 1 heterocycles. The highest BCUT2D eigenvalue weighted by molar-refractivity contribution is 7.92. The van der Waals surface area contributed by atoms with Gasteiger partial charge in [0.15, 0.2) is 0 Å². The zero-order chi connectivity index (χ0) is 20.4.